The van der Waals surface area contributed by atoms with Crippen molar-refractivity contribution >= 4 is 28.3 Å². The van der Waals surface area contributed by atoms with Crippen LogP contribution in [-0.4, -0.2) is 31.9 Å². The molecule has 1 aromatic carbocycles. The van der Waals surface area contributed by atoms with Crippen LogP contribution in [0.5, 0.6) is 11.5 Å². The fourth-order valence-corrected chi connectivity index (χ4v) is 2.93. The molecule has 26 heavy (non-hydrogen) atoms. The fourth-order valence-electron chi connectivity index (χ4n) is 2.33. The van der Waals surface area contributed by atoms with Crippen LogP contribution in [0, 0.1) is 0 Å². The van der Waals surface area contributed by atoms with E-state index in [9.17, 15) is 0 Å². The van der Waals surface area contributed by atoms with Gasteiger partial charge in [-0.1, -0.05) is 6.07 Å². The summed E-state index contributed by atoms with van der Waals surface area (Å²) >= 11 is 3.59. The van der Waals surface area contributed by atoms with Gasteiger partial charge in [-0.15, -0.1) is 12.4 Å². The molecule has 0 aliphatic heterocycles. The Morgan fingerprint density at radius 2 is 2.08 bits per heavy atom. The third-order valence-electron chi connectivity index (χ3n) is 3.57. The standard InChI is InChI=1S/C19H25BrN2O3.ClH/c1-3-24-9-5-8-22-13-16-10-17(20)19(18(11-16)23-2)25-14-15-6-4-7-21-12-15;/h4,6-7,10-12,22H,3,5,8-9,13-14H2,1-2H3;1H. The summed E-state index contributed by atoms with van der Waals surface area (Å²) < 4.78 is 17.6. The van der Waals surface area contributed by atoms with Crippen LogP contribution in [0.3, 0.4) is 0 Å². The maximum absolute atomic E-state index is 5.92. The topological polar surface area (TPSA) is 52.6 Å². The van der Waals surface area contributed by atoms with Crippen molar-refractivity contribution < 1.29 is 14.2 Å². The molecule has 1 aromatic heterocycles. The van der Waals surface area contributed by atoms with Gasteiger partial charge in [0, 0.05) is 37.7 Å². The molecule has 144 valence electrons. The Balaban J connectivity index is 0.00000338. The van der Waals surface area contributed by atoms with Crippen LogP contribution in [0.15, 0.2) is 41.1 Å². The number of nitrogens with one attached hydrogen (secondary N) is 1. The van der Waals surface area contributed by atoms with Gasteiger partial charge in [0.2, 0.25) is 0 Å². The van der Waals surface area contributed by atoms with Gasteiger partial charge >= 0.3 is 0 Å². The Labute approximate surface area is 170 Å². The van der Waals surface area contributed by atoms with E-state index >= 15 is 0 Å². The van der Waals surface area contributed by atoms with E-state index in [1.165, 1.54) is 0 Å². The highest BCUT2D eigenvalue weighted by molar-refractivity contribution is 9.10. The Morgan fingerprint density at radius 1 is 1.23 bits per heavy atom. The molecule has 2 aromatic rings. The van der Waals surface area contributed by atoms with Gasteiger partial charge in [-0.05, 0) is 59.6 Å². The first kappa shape index (κ1) is 22.7. The Hall–Kier alpha value is -1.34. The molecular weight excluding hydrogens is 420 g/mol. The number of ether oxygens (including phenoxy) is 3. The first-order valence-corrected chi connectivity index (χ1v) is 9.20. The molecule has 0 saturated heterocycles. The quantitative estimate of drug-likeness (QED) is 0.521. The molecule has 0 radical (unpaired) electrons. The van der Waals surface area contributed by atoms with Gasteiger partial charge in [-0.3, -0.25) is 4.98 Å². The van der Waals surface area contributed by atoms with Crippen molar-refractivity contribution in [2.24, 2.45) is 0 Å². The molecule has 1 heterocycles. The summed E-state index contributed by atoms with van der Waals surface area (Å²) in [4.78, 5) is 4.10. The zero-order chi connectivity index (χ0) is 17.9. The molecule has 0 aliphatic carbocycles. The van der Waals surface area contributed by atoms with E-state index in [2.05, 4.69) is 32.3 Å². The number of hydrogen-bond donors (Lipinski definition) is 1. The molecular formula is C19H26BrClN2O3. The van der Waals surface area contributed by atoms with E-state index in [4.69, 9.17) is 14.2 Å². The number of hydrogen-bond acceptors (Lipinski definition) is 5. The normalized spacial score (nSPS) is 10.3. The smallest absolute Gasteiger partial charge is 0.175 e. The van der Waals surface area contributed by atoms with Crippen LogP contribution >= 0.6 is 28.3 Å². The zero-order valence-corrected chi connectivity index (χ0v) is 17.6. The van der Waals surface area contributed by atoms with Crippen molar-refractivity contribution in [3.63, 3.8) is 0 Å². The third-order valence-corrected chi connectivity index (χ3v) is 4.16. The summed E-state index contributed by atoms with van der Waals surface area (Å²) in [6.45, 7) is 5.69. The van der Waals surface area contributed by atoms with Gasteiger partial charge in [-0.2, -0.15) is 0 Å². The van der Waals surface area contributed by atoms with Gasteiger partial charge in [0.05, 0.1) is 11.6 Å². The Kier molecular flexibility index (Phi) is 11.3. The summed E-state index contributed by atoms with van der Waals surface area (Å²) in [6, 6.07) is 7.93. The molecule has 5 nitrogen and oxygen atoms in total. The molecule has 0 spiro atoms. The van der Waals surface area contributed by atoms with E-state index in [-0.39, 0.29) is 12.4 Å². The molecule has 0 fully saturated rings. The van der Waals surface area contributed by atoms with Crippen molar-refractivity contribution in [2.45, 2.75) is 26.5 Å². The van der Waals surface area contributed by atoms with Crippen molar-refractivity contribution in [1.29, 1.82) is 0 Å². The predicted octanol–water partition coefficient (Wildman–Crippen LogP) is 4.37. The van der Waals surface area contributed by atoms with Crippen molar-refractivity contribution in [3.05, 3.63) is 52.3 Å². The van der Waals surface area contributed by atoms with Gasteiger partial charge < -0.3 is 19.5 Å². The van der Waals surface area contributed by atoms with Crippen molar-refractivity contribution in [1.82, 2.24) is 10.3 Å². The summed E-state index contributed by atoms with van der Waals surface area (Å²) in [5.41, 5.74) is 2.14. The molecule has 0 amide bonds. The van der Waals surface area contributed by atoms with E-state index in [0.717, 1.165) is 48.3 Å². The van der Waals surface area contributed by atoms with Crippen LogP contribution in [0.2, 0.25) is 0 Å². The monoisotopic (exact) mass is 444 g/mol. The SMILES string of the molecule is CCOCCCNCc1cc(Br)c(OCc2cccnc2)c(OC)c1.Cl. The van der Waals surface area contributed by atoms with Crippen molar-refractivity contribution in [2.75, 3.05) is 26.9 Å². The molecule has 2 rings (SSSR count). The Bertz CT molecular complexity index is 644. The Morgan fingerprint density at radius 3 is 2.77 bits per heavy atom. The van der Waals surface area contributed by atoms with Crippen LogP contribution in [0.1, 0.15) is 24.5 Å². The zero-order valence-electron chi connectivity index (χ0n) is 15.2. The second-order valence-corrected chi connectivity index (χ2v) is 6.34. The highest BCUT2D eigenvalue weighted by Crippen LogP contribution is 2.37. The van der Waals surface area contributed by atoms with Crippen LogP contribution in [0.4, 0.5) is 0 Å². The third kappa shape index (κ3) is 7.50. The summed E-state index contributed by atoms with van der Waals surface area (Å²) in [7, 11) is 1.65. The number of pyridine rings is 1. The fraction of sp³-hybridized carbons (Fsp3) is 0.421. The lowest BCUT2D eigenvalue weighted by Crippen LogP contribution is -2.16. The summed E-state index contributed by atoms with van der Waals surface area (Å²) in [5, 5.41) is 3.41. The van der Waals surface area contributed by atoms with E-state index in [0.29, 0.717) is 18.1 Å². The number of rotatable bonds is 11. The van der Waals surface area contributed by atoms with Crippen molar-refractivity contribution in [3.8, 4) is 11.5 Å². The largest absolute Gasteiger partial charge is 0.493 e. The van der Waals surface area contributed by atoms with Crippen LogP contribution in [-0.2, 0) is 17.9 Å². The molecule has 0 atom stereocenters. The first-order chi connectivity index (χ1) is 12.2. The highest BCUT2D eigenvalue weighted by atomic mass is 79.9. The molecule has 0 bridgehead atoms. The molecule has 0 unspecified atom stereocenters. The lowest BCUT2D eigenvalue weighted by atomic mass is 10.2. The van der Waals surface area contributed by atoms with E-state index in [1.807, 2.05) is 25.1 Å². The average molecular weight is 446 g/mol. The number of methoxy groups -OCH3 is 1. The van der Waals surface area contributed by atoms with E-state index < -0.39 is 0 Å². The maximum Gasteiger partial charge on any atom is 0.175 e. The number of halogens is 2. The van der Waals surface area contributed by atoms with E-state index in [1.54, 1.807) is 19.5 Å². The molecule has 7 heteroatoms. The minimum Gasteiger partial charge on any atom is -0.493 e. The number of nitrogens with zero attached hydrogens (tertiary/aromatic N) is 1. The molecule has 0 saturated carbocycles. The lowest BCUT2D eigenvalue weighted by molar-refractivity contribution is 0.144. The summed E-state index contributed by atoms with van der Waals surface area (Å²) in [6.07, 6.45) is 4.54. The second kappa shape index (κ2) is 12.9. The lowest BCUT2D eigenvalue weighted by Gasteiger charge is -2.15. The van der Waals surface area contributed by atoms with Crippen LogP contribution in [0.25, 0.3) is 0 Å². The maximum atomic E-state index is 5.92. The highest BCUT2D eigenvalue weighted by Gasteiger charge is 2.12. The minimum absolute atomic E-state index is 0. The first-order valence-electron chi connectivity index (χ1n) is 8.41. The molecule has 1 N–H and O–H groups in total. The average Bonchev–Trinajstić information content (AvgIpc) is 2.64. The number of aromatic nitrogens is 1. The van der Waals surface area contributed by atoms with Gasteiger partial charge in [0.25, 0.3) is 0 Å². The molecule has 0 aliphatic rings. The van der Waals surface area contributed by atoms with Gasteiger partial charge in [0.1, 0.15) is 6.61 Å². The minimum atomic E-state index is 0. The second-order valence-electron chi connectivity index (χ2n) is 5.49. The predicted molar refractivity (Wildman–Crippen MR) is 109 cm³/mol. The van der Waals surface area contributed by atoms with Gasteiger partial charge in [0.15, 0.2) is 11.5 Å². The summed E-state index contributed by atoms with van der Waals surface area (Å²) in [5.74, 6) is 1.41. The van der Waals surface area contributed by atoms with Crippen LogP contribution < -0.4 is 14.8 Å². The van der Waals surface area contributed by atoms with Gasteiger partial charge in [-0.25, -0.2) is 0 Å². The number of benzene rings is 1.